The van der Waals surface area contributed by atoms with Gasteiger partial charge in [-0.05, 0) is 24.6 Å². The molecule has 0 heterocycles. The van der Waals surface area contributed by atoms with Crippen LogP contribution < -0.4 is 15.0 Å². The van der Waals surface area contributed by atoms with E-state index in [9.17, 15) is 16.8 Å². The lowest BCUT2D eigenvalue weighted by atomic mass is 10.2. The number of halogens is 1. The largest absolute Gasteiger partial charge is 0.296 e. The van der Waals surface area contributed by atoms with Gasteiger partial charge in [0.15, 0.2) is 0 Å². The molecule has 7 nitrogen and oxygen atoms in total. The van der Waals surface area contributed by atoms with Crippen LogP contribution in [0.4, 0.5) is 5.69 Å². The van der Waals surface area contributed by atoms with Crippen LogP contribution >= 0.6 is 11.6 Å². The number of hydrogen-bond donors (Lipinski definition) is 3. The Bertz CT molecular complexity index is 631. The Labute approximate surface area is 104 Å². The molecule has 0 saturated carbocycles. The standard InChI is InChI=1S/C7H10ClN3O4S2/c1-4-2-5(16(9,12)13)3-6(8)7(4)11-17(10,14)15/h2-3,11H,1H3,(H2,9,12,13)(H2,10,14,15). The first-order valence-corrected chi connectivity index (χ1v) is 7.61. The molecule has 17 heavy (non-hydrogen) atoms. The van der Waals surface area contributed by atoms with Gasteiger partial charge in [-0.25, -0.2) is 18.7 Å². The first kappa shape index (κ1) is 14.2. The second-order valence-electron chi connectivity index (χ2n) is 3.29. The van der Waals surface area contributed by atoms with Gasteiger partial charge in [-0.1, -0.05) is 11.6 Å². The van der Waals surface area contributed by atoms with Gasteiger partial charge >= 0.3 is 0 Å². The Hall–Kier alpha value is -0.870. The molecule has 0 bridgehead atoms. The van der Waals surface area contributed by atoms with Crippen LogP contribution in [0.1, 0.15) is 5.56 Å². The zero-order valence-electron chi connectivity index (χ0n) is 8.64. The second kappa shape index (κ2) is 4.42. The van der Waals surface area contributed by atoms with Crippen molar-refractivity contribution in [3.05, 3.63) is 22.7 Å². The minimum absolute atomic E-state index is 0.0153. The van der Waals surface area contributed by atoms with Gasteiger partial charge in [0.05, 0.1) is 15.6 Å². The predicted octanol–water partition coefficient (Wildman–Crippen LogP) is -0.0888. The highest BCUT2D eigenvalue weighted by molar-refractivity contribution is 7.90. The maximum absolute atomic E-state index is 11.1. The lowest BCUT2D eigenvalue weighted by Gasteiger charge is -2.11. The summed E-state index contributed by atoms with van der Waals surface area (Å²) in [6.07, 6.45) is 0. The van der Waals surface area contributed by atoms with E-state index in [1.165, 1.54) is 13.0 Å². The molecule has 0 radical (unpaired) electrons. The van der Waals surface area contributed by atoms with E-state index in [2.05, 4.69) is 0 Å². The number of sulfonamides is 1. The van der Waals surface area contributed by atoms with Crippen molar-refractivity contribution >= 4 is 37.5 Å². The summed E-state index contributed by atoms with van der Waals surface area (Å²) in [4.78, 5) is -0.208. The number of anilines is 1. The molecule has 1 aromatic carbocycles. The molecule has 0 saturated heterocycles. The number of aryl methyl sites for hydroxylation is 1. The maximum Gasteiger partial charge on any atom is 0.296 e. The van der Waals surface area contributed by atoms with E-state index in [4.69, 9.17) is 21.9 Å². The molecule has 0 aromatic heterocycles. The van der Waals surface area contributed by atoms with Gasteiger partial charge in [0.1, 0.15) is 0 Å². The highest BCUT2D eigenvalue weighted by Gasteiger charge is 2.15. The van der Waals surface area contributed by atoms with Crippen LogP contribution in [0.15, 0.2) is 17.0 Å². The third-order valence-corrected chi connectivity index (χ3v) is 3.51. The molecule has 0 amide bonds. The van der Waals surface area contributed by atoms with Gasteiger partial charge in [-0.3, -0.25) is 4.72 Å². The minimum atomic E-state index is -3.99. The van der Waals surface area contributed by atoms with E-state index in [0.717, 1.165) is 6.07 Å². The molecule has 0 unspecified atom stereocenters. The summed E-state index contributed by atoms with van der Waals surface area (Å²) < 4.78 is 45.9. The van der Waals surface area contributed by atoms with Gasteiger partial charge in [0.2, 0.25) is 10.0 Å². The molecular formula is C7H10ClN3O4S2. The highest BCUT2D eigenvalue weighted by atomic mass is 35.5. The van der Waals surface area contributed by atoms with Crippen molar-refractivity contribution in [3.63, 3.8) is 0 Å². The van der Waals surface area contributed by atoms with Crippen molar-refractivity contribution in [3.8, 4) is 0 Å². The molecule has 0 aliphatic heterocycles. The molecule has 1 rings (SSSR count). The monoisotopic (exact) mass is 299 g/mol. The fourth-order valence-corrected chi connectivity index (χ4v) is 2.76. The summed E-state index contributed by atoms with van der Waals surface area (Å²) in [5, 5.41) is 9.60. The Morgan fingerprint density at radius 3 is 2.06 bits per heavy atom. The molecule has 0 spiro atoms. The van der Waals surface area contributed by atoms with E-state index in [1.54, 1.807) is 0 Å². The number of nitrogens with one attached hydrogen (secondary N) is 1. The van der Waals surface area contributed by atoms with Gasteiger partial charge in [0, 0.05) is 0 Å². The van der Waals surface area contributed by atoms with Crippen LogP contribution in [0.25, 0.3) is 0 Å². The van der Waals surface area contributed by atoms with Crippen molar-refractivity contribution < 1.29 is 16.8 Å². The third-order valence-electron chi connectivity index (χ3n) is 1.83. The zero-order chi connectivity index (χ0) is 13.4. The van der Waals surface area contributed by atoms with Crippen molar-refractivity contribution in [2.24, 2.45) is 10.3 Å². The van der Waals surface area contributed by atoms with Gasteiger partial charge in [0.25, 0.3) is 10.2 Å². The molecule has 1 aromatic rings. The van der Waals surface area contributed by atoms with Crippen molar-refractivity contribution in [2.45, 2.75) is 11.8 Å². The zero-order valence-corrected chi connectivity index (χ0v) is 11.0. The van der Waals surface area contributed by atoms with Crippen LogP contribution in [0.2, 0.25) is 5.02 Å². The average Bonchev–Trinajstić information content (AvgIpc) is 2.07. The summed E-state index contributed by atoms with van der Waals surface area (Å²) >= 11 is 5.74. The Morgan fingerprint density at radius 1 is 1.18 bits per heavy atom. The number of benzene rings is 1. The first-order chi connectivity index (χ1) is 7.50. The molecule has 0 aliphatic carbocycles. The van der Waals surface area contributed by atoms with Crippen LogP contribution in [0.5, 0.6) is 0 Å². The first-order valence-electron chi connectivity index (χ1n) is 4.14. The lowest BCUT2D eigenvalue weighted by Crippen LogP contribution is -2.22. The van der Waals surface area contributed by atoms with Crippen LogP contribution in [-0.2, 0) is 20.2 Å². The fourth-order valence-electron chi connectivity index (χ4n) is 1.15. The average molecular weight is 300 g/mol. The molecular weight excluding hydrogens is 290 g/mol. The van der Waals surface area contributed by atoms with Gasteiger partial charge in [-0.15, -0.1) is 0 Å². The number of hydrogen-bond acceptors (Lipinski definition) is 4. The van der Waals surface area contributed by atoms with Gasteiger partial charge in [-0.2, -0.15) is 8.42 Å². The summed E-state index contributed by atoms with van der Waals surface area (Å²) in [6, 6.07) is 2.23. The molecule has 0 atom stereocenters. The molecule has 0 fully saturated rings. The minimum Gasteiger partial charge on any atom is -0.269 e. The van der Waals surface area contributed by atoms with E-state index in [0.29, 0.717) is 0 Å². The van der Waals surface area contributed by atoms with Crippen molar-refractivity contribution in [1.29, 1.82) is 0 Å². The summed E-state index contributed by atoms with van der Waals surface area (Å²) in [7, 11) is -7.89. The smallest absolute Gasteiger partial charge is 0.269 e. The van der Waals surface area contributed by atoms with Crippen LogP contribution in [0, 0.1) is 6.92 Å². The lowest BCUT2D eigenvalue weighted by molar-refractivity contribution is 0.597. The highest BCUT2D eigenvalue weighted by Crippen LogP contribution is 2.29. The van der Waals surface area contributed by atoms with Crippen LogP contribution in [-0.4, -0.2) is 16.8 Å². The summed E-state index contributed by atoms with van der Waals surface area (Å²) in [5.41, 5.74) is 0.303. The van der Waals surface area contributed by atoms with E-state index >= 15 is 0 Å². The van der Waals surface area contributed by atoms with E-state index < -0.39 is 20.2 Å². The van der Waals surface area contributed by atoms with E-state index in [1.807, 2.05) is 4.72 Å². The number of nitrogens with two attached hydrogens (primary N) is 2. The molecule has 0 aliphatic rings. The normalized spacial score (nSPS) is 12.5. The number of rotatable bonds is 3. The summed E-state index contributed by atoms with van der Waals surface area (Å²) in [5.74, 6) is 0. The van der Waals surface area contributed by atoms with Crippen molar-refractivity contribution in [2.75, 3.05) is 4.72 Å². The second-order valence-corrected chi connectivity index (χ2v) is 6.55. The maximum atomic E-state index is 11.1. The Morgan fingerprint density at radius 2 is 1.71 bits per heavy atom. The topological polar surface area (TPSA) is 132 Å². The summed E-state index contributed by atoms with van der Waals surface area (Å²) in [6.45, 7) is 1.47. The van der Waals surface area contributed by atoms with Crippen molar-refractivity contribution in [1.82, 2.24) is 0 Å². The Balaban J connectivity index is 3.40. The predicted molar refractivity (Wildman–Crippen MR) is 64.3 cm³/mol. The molecule has 10 heteroatoms. The quantitative estimate of drug-likeness (QED) is 0.719. The Kier molecular flexibility index (Phi) is 3.69. The van der Waals surface area contributed by atoms with Crippen LogP contribution in [0.3, 0.4) is 0 Å². The number of primary sulfonamides is 1. The SMILES string of the molecule is Cc1cc(S(N)(=O)=O)cc(Cl)c1NS(N)(=O)=O. The van der Waals surface area contributed by atoms with Gasteiger partial charge < -0.3 is 0 Å². The van der Waals surface area contributed by atoms with E-state index in [-0.39, 0.29) is 21.2 Å². The molecule has 5 N–H and O–H groups in total. The fraction of sp³-hybridized carbons (Fsp3) is 0.143. The molecule has 96 valence electrons. The third kappa shape index (κ3) is 3.82.